The minimum atomic E-state index is -0.488. The highest BCUT2D eigenvalue weighted by atomic mass is 16.6. The first-order valence-corrected chi connectivity index (χ1v) is 32.9. The lowest BCUT2D eigenvalue weighted by molar-refractivity contribution is -0.147. The van der Waals surface area contributed by atoms with Gasteiger partial charge in [0, 0.05) is 104 Å². The van der Waals surface area contributed by atoms with Crippen molar-refractivity contribution in [1.29, 1.82) is 0 Å². The molecule has 0 aromatic rings. The molecule has 0 aromatic carbocycles. The first-order valence-electron chi connectivity index (χ1n) is 32.9. The molecular weight excluding hydrogens is 1340 g/mol. The van der Waals surface area contributed by atoms with Crippen LogP contribution in [0.4, 0.5) is 0 Å². The largest absolute Gasteiger partial charge is 0.463 e. The number of allylic oxidation sites excluding steroid dienone is 2. The number of ketones is 2. The zero-order valence-electron chi connectivity index (χ0n) is 60.9. The molecule has 26 nitrogen and oxygen atoms in total. The fraction of sp³-hybridized carbons (Fsp3) is 0.455. The molecule has 103 heavy (non-hydrogen) atoms. The van der Waals surface area contributed by atoms with Crippen molar-refractivity contribution in [1.82, 2.24) is 0 Å². The molecule has 0 heterocycles. The monoisotopic (exact) mass is 1450 g/mol. The maximum absolute atomic E-state index is 10.9. The van der Waals surface area contributed by atoms with Crippen LogP contribution in [0.5, 0.6) is 0 Å². The standard InChI is InChI=1S/C14H22O2.C12H18O4.2C11H16O4.2C10H14O4.C9H12O4/c1-3-13(15)11-9-7-5-6-8-10-12-14(16)4-2;1-3-11(13)15-9-7-5-6-8-10-16-12(14)4-2;1-5-9(12)14-7-11(3,4)8-15-10(13)6-2;1-3-10(12)14-8-6-5-7-9-15-11(13)4-2;1-4-9(11)13-7-6-8(3)14-10(12)5-2;1-3-9(11)13-7-5-6-8-14-10(12)4-2;1-3-8(10)12-6-5-7-13-9(11)4-2/h3-4H,1-2,5-12H2;3-4H,1-2,5-10H2;5-6H,1-2,7-8H2,3-4H3;3-4H,1-2,5-9H2;4-5,8H,1-2,6-7H2,3H3;3-4H,1-2,5-8H2;3-4H,1-2,5-7H2. The fourth-order valence-corrected chi connectivity index (χ4v) is 5.95. The van der Waals surface area contributed by atoms with Gasteiger partial charge in [0.2, 0.25) is 0 Å². The van der Waals surface area contributed by atoms with Gasteiger partial charge in [0.25, 0.3) is 0 Å². The zero-order valence-corrected chi connectivity index (χ0v) is 60.9. The van der Waals surface area contributed by atoms with Crippen molar-refractivity contribution >= 4 is 83.2 Å². The summed E-state index contributed by atoms with van der Waals surface area (Å²) in [6.45, 7) is 54.6. The number of hydrogen-bond donors (Lipinski definition) is 0. The van der Waals surface area contributed by atoms with Crippen LogP contribution in [-0.4, -0.2) is 162 Å². The summed E-state index contributed by atoms with van der Waals surface area (Å²) in [7, 11) is 0. The number of carbonyl (C=O) groups is 14. The van der Waals surface area contributed by atoms with Crippen LogP contribution in [0.3, 0.4) is 0 Å². The summed E-state index contributed by atoms with van der Waals surface area (Å²) >= 11 is 0. The molecule has 1 atom stereocenters. The average molecular weight is 1450 g/mol. The van der Waals surface area contributed by atoms with E-state index in [1.807, 2.05) is 13.8 Å². The van der Waals surface area contributed by atoms with E-state index in [-0.39, 0.29) is 62.6 Å². The second kappa shape index (κ2) is 80.3. The molecule has 0 spiro atoms. The molecule has 0 amide bonds. The molecule has 0 N–H and O–H groups in total. The predicted molar refractivity (Wildman–Crippen MR) is 390 cm³/mol. The second-order valence-electron chi connectivity index (χ2n) is 20.9. The van der Waals surface area contributed by atoms with Gasteiger partial charge in [-0.05, 0) is 89.7 Å². The van der Waals surface area contributed by atoms with Gasteiger partial charge in [-0.3, -0.25) is 9.59 Å². The van der Waals surface area contributed by atoms with Gasteiger partial charge in [-0.25, -0.2) is 57.5 Å². The highest BCUT2D eigenvalue weighted by Crippen LogP contribution is 2.16. The van der Waals surface area contributed by atoms with Gasteiger partial charge in [0.15, 0.2) is 11.6 Å². The average Bonchev–Trinajstić information content (AvgIpc) is 0.955. The highest BCUT2D eigenvalue weighted by Gasteiger charge is 2.22. The molecule has 0 fully saturated rings. The number of carbonyl (C=O) groups excluding carboxylic acids is 14. The van der Waals surface area contributed by atoms with Crippen LogP contribution in [0.2, 0.25) is 0 Å². The molecule has 0 aromatic heterocycles. The van der Waals surface area contributed by atoms with Gasteiger partial charge in [-0.1, -0.05) is 132 Å². The molecule has 0 saturated heterocycles. The van der Waals surface area contributed by atoms with Crippen LogP contribution < -0.4 is 0 Å². The van der Waals surface area contributed by atoms with E-state index in [0.29, 0.717) is 78.2 Å². The number of unbranched alkanes of at least 4 members (excludes halogenated alkanes) is 11. The van der Waals surface area contributed by atoms with E-state index in [0.717, 1.165) is 156 Å². The van der Waals surface area contributed by atoms with Crippen molar-refractivity contribution in [3.05, 3.63) is 177 Å². The minimum Gasteiger partial charge on any atom is -0.463 e. The third-order valence-corrected chi connectivity index (χ3v) is 11.5. The molecule has 0 aliphatic carbocycles. The van der Waals surface area contributed by atoms with Crippen LogP contribution in [0.15, 0.2) is 177 Å². The lowest BCUT2D eigenvalue weighted by Crippen LogP contribution is -2.27. The maximum atomic E-state index is 10.9. The Morgan fingerprint density at radius 3 is 0.660 bits per heavy atom. The third-order valence-electron chi connectivity index (χ3n) is 11.5. The van der Waals surface area contributed by atoms with E-state index in [1.165, 1.54) is 12.2 Å². The van der Waals surface area contributed by atoms with Gasteiger partial charge in [-0.15, -0.1) is 0 Å². The predicted octanol–water partition coefficient (Wildman–Crippen LogP) is 12.0. The van der Waals surface area contributed by atoms with Crippen LogP contribution in [-0.2, 0) is 124 Å². The lowest BCUT2D eigenvalue weighted by atomic mass is 9.96. The normalized spacial score (nSPS) is 9.58. The third kappa shape index (κ3) is 93.4. The van der Waals surface area contributed by atoms with Crippen molar-refractivity contribution in [3.63, 3.8) is 0 Å². The molecule has 0 aliphatic heterocycles. The van der Waals surface area contributed by atoms with E-state index >= 15 is 0 Å². The van der Waals surface area contributed by atoms with E-state index < -0.39 is 65.1 Å². The summed E-state index contributed by atoms with van der Waals surface area (Å²) in [6, 6.07) is 0. The molecule has 0 rings (SSSR count). The smallest absolute Gasteiger partial charge is 0.330 e. The quantitative estimate of drug-likeness (QED) is 0.0236. The zero-order chi connectivity index (χ0) is 79.8. The summed E-state index contributed by atoms with van der Waals surface area (Å²) < 4.78 is 57.0. The minimum absolute atomic E-state index is 0.136. The van der Waals surface area contributed by atoms with Gasteiger partial charge >= 0.3 is 71.6 Å². The molecule has 0 bridgehead atoms. The maximum Gasteiger partial charge on any atom is 0.330 e. The molecule has 26 heteroatoms. The Labute approximate surface area is 608 Å². The Balaban J connectivity index is -0.000000209. The molecule has 0 aliphatic rings. The van der Waals surface area contributed by atoms with Crippen molar-refractivity contribution < 1.29 is 124 Å². The van der Waals surface area contributed by atoms with E-state index in [4.69, 9.17) is 47.4 Å². The van der Waals surface area contributed by atoms with Gasteiger partial charge in [0.1, 0.15) is 6.10 Å². The number of ether oxygens (including phenoxy) is 12. The van der Waals surface area contributed by atoms with Crippen LogP contribution in [0, 0.1) is 5.41 Å². The van der Waals surface area contributed by atoms with Crippen LogP contribution >= 0.6 is 0 Å². The molecule has 0 radical (unpaired) electrons. The Hall–Kier alpha value is -10.7. The Morgan fingerprint density at radius 2 is 0.427 bits per heavy atom. The molecule has 576 valence electrons. The van der Waals surface area contributed by atoms with Crippen LogP contribution in [0.1, 0.15) is 143 Å². The summed E-state index contributed by atoms with van der Waals surface area (Å²) in [4.78, 5) is 149. The Bertz CT molecular complexity index is 2440. The first kappa shape index (κ1) is 106. The van der Waals surface area contributed by atoms with E-state index in [2.05, 4.69) is 102 Å². The highest BCUT2D eigenvalue weighted by molar-refractivity contribution is 5.89. The molecule has 0 saturated carbocycles. The Kier molecular flexibility index (Phi) is 82.5. The van der Waals surface area contributed by atoms with Gasteiger partial charge < -0.3 is 56.8 Å². The lowest BCUT2D eigenvalue weighted by Gasteiger charge is -2.22. The summed E-state index contributed by atoms with van der Waals surface area (Å²) in [6.07, 6.45) is 31.5. The van der Waals surface area contributed by atoms with Gasteiger partial charge in [-0.2, -0.15) is 0 Å². The van der Waals surface area contributed by atoms with E-state index in [1.54, 1.807) is 6.92 Å². The summed E-state index contributed by atoms with van der Waals surface area (Å²) in [5, 5.41) is 0. The number of rotatable bonds is 53. The number of hydrogen-bond acceptors (Lipinski definition) is 26. The van der Waals surface area contributed by atoms with Crippen LogP contribution in [0.25, 0.3) is 0 Å². The summed E-state index contributed by atoms with van der Waals surface area (Å²) in [5.74, 6) is -5.09. The first-order chi connectivity index (χ1) is 49.0. The fourth-order valence-electron chi connectivity index (χ4n) is 5.95. The Morgan fingerprint density at radius 1 is 0.243 bits per heavy atom. The van der Waals surface area contributed by atoms with Crippen molar-refractivity contribution in [2.75, 3.05) is 72.7 Å². The van der Waals surface area contributed by atoms with Crippen molar-refractivity contribution in [2.45, 2.75) is 149 Å². The van der Waals surface area contributed by atoms with Crippen molar-refractivity contribution in [3.8, 4) is 0 Å². The number of esters is 12. The molecular formula is C77H112O26. The topological polar surface area (TPSA) is 350 Å². The second-order valence-corrected chi connectivity index (χ2v) is 20.9. The van der Waals surface area contributed by atoms with E-state index in [9.17, 15) is 67.1 Å². The summed E-state index contributed by atoms with van der Waals surface area (Å²) in [5.41, 5.74) is -0.419. The molecule has 1 unspecified atom stereocenters. The van der Waals surface area contributed by atoms with Crippen molar-refractivity contribution in [2.24, 2.45) is 5.41 Å². The van der Waals surface area contributed by atoms with Gasteiger partial charge in [0.05, 0.1) is 72.7 Å². The SMILES string of the molecule is C=CC(=O)CCCCCCCCC(=O)C=C.C=CC(=O)OCC(C)(C)COC(=O)C=C.C=CC(=O)OCCC(C)OC(=O)C=C.C=CC(=O)OCCCCCCOC(=O)C=C.C=CC(=O)OCCCCCOC(=O)C=C.C=CC(=O)OCCCCOC(=O)C=C.C=CC(=O)OCCCOC(=O)C=C.